The van der Waals surface area contributed by atoms with E-state index >= 15 is 0 Å². The quantitative estimate of drug-likeness (QED) is 0.813. The van der Waals surface area contributed by atoms with Crippen LogP contribution < -0.4 is 0 Å². The highest BCUT2D eigenvalue weighted by Crippen LogP contribution is 2.63. The van der Waals surface area contributed by atoms with Gasteiger partial charge >= 0.3 is 0 Å². The molecule has 2 heteroatoms. The summed E-state index contributed by atoms with van der Waals surface area (Å²) in [6.07, 6.45) is 12.2. The van der Waals surface area contributed by atoms with E-state index in [9.17, 15) is 9.90 Å². The number of hydrogen-bond donors (Lipinski definition) is 1. The maximum absolute atomic E-state index is 11.8. The SMILES string of the molecule is CCC[C@@H]1C[C@H]2[C@@H]3CCC4=CC(=O)CC[C@@H]4[C@H]3CC[C@]2(C)[C@H]1O. The smallest absolute Gasteiger partial charge is 0.155 e. The van der Waals surface area contributed by atoms with Crippen LogP contribution in [0.2, 0.25) is 0 Å². The van der Waals surface area contributed by atoms with Gasteiger partial charge in [0, 0.05) is 6.42 Å². The number of carbonyl (C=O) groups excluding carboxylic acids is 1. The minimum absolute atomic E-state index is 0.0849. The first kappa shape index (κ1) is 15.9. The Kier molecular flexibility index (Phi) is 3.95. The second kappa shape index (κ2) is 5.72. The van der Waals surface area contributed by atoms with Crippen LogP contribution in [-0.4, -0.2) is 17.0 Å². The molecular weight excluding hydrogens is 284 g/mol. The molecule has 7 atom stereocenters. The first-order chi connectivity index (χ1) is 11.0. The lowest BCUT2D eigenvalue weighted by atomic mass is 9.52. The fraction of sp³-hybridized carbons (Fsp3) is 0.857. The molecule has 3 saturated carbocycles. The fourth-order valence-corrected chi connectivity index (χ4v) is 6.98. The van der Waals surface area contributed by atoms with Crippen molar-refractivity contribution in [3.8, 4) is 0 Å². The zero-order valence-corrected chi connectivity index (χ0v) is 14.8. The van der Waals surface area contributed by atoms with Crippen LogP contribution in [-0.2, 0) is 4.79 Å². The van der Waals surface area contributed by atoms with Crippen molar-refractivity contribution in [2.75, 3.05) is 0 Å². The summed E-state index contributed by atoms with van der Waals surface area (Å²) in [7, 11) is 0. The summed E-state index contributed by atoms with van der Waals surface area (Å²) in [5.41, 5.74) is 1.63. The topological polar surface area (TPSA) is 37.3 Å². The molecule has 0 spiro atoms. The van der Waals surface area contributed by atoms with Gasteiger partial charge in [-0.3, -0.25) is 4.79 Å². The van der Waals surface area contributed by atoms with Gasteiger partial charge in [-0.2, -0.15) is 0 Å². The third-order valence-corrected chi connectivity index (χ3v) is 8.08. The summed E-state index contributed by atoms with van der Waals surface area (Å²) in [6, 6.07) is 0. The number of carbonyl (C=O) groups is 1. The molecule has 2 nitrogen and oxygen atoms in total. The molecule has 128 valence electrons. The Morgan fingerprint density at radius 1 is 1.22 bits per heavy atom. The van der Waals surface area contributed by atoms with E-state index in [1.807, 2.05) is 6.08 Å². The van der Waals surface area contributed by atoms with Crippen LogP contribution in [0, 0.1) is 35.0 Å². The van der Waals surface area contributed by atoms with Crippen LogP contribution in [0.5, 0.6) is 0 Å². The van der Waals surface area contributed by atoms with E-state index in [-0.39, 0.29) is 11.5 Å². The predicted molar refractivity (Wildman–Crippen MR) is 91.9 cm³/mol. The molecular formula is C21H32O2. The maximum atomic E-state index is 11.8. The molecule has 0 aromatic rings. The van der Waals surface area contributed by atoms with E-state index in [4.69, 9.17) is 0 Å². The Balaban J connectivity index is 1.59. The molecule has 0 saturated heterocycles. The molecule has 0 amide bonds. The van der Waals surface area contributed by atoms with Crippen LogP contribution in [0.15, 0.2) is 11.6 Å². The Bertz CT molecular complexity index is 522. The van der Waals surface area contributed by atoms with Crippen molar-refractivity contribution in [2.24, 2.45) is 35.0 Å². The summed E-state index contributed by atoms with van der Waals surface area (Å²) in [5, 5.41) is 11.0. The Morgan fingerprint density at radius 3 is 2.83 bits per heavy atom. The summed E-state index contributed by atoms with van der Waals surface area (Å²) >= 11 is 0. The van der Waals surface area contributed by atoms with Gasteiger partial charge in [0.25, 0.3) is 0 Å². The van der Waals surface area contributed by atoms with Crippen LogP contribution in [0.3, 0.4) is 0 Å². The number of ketones is 1. The fourth-order valence-electron chi connectivity index (χ4n) is 6.98. The molecule has 0 bridgehead atoms. The lowest BCUT2D eigenvalue weighted by molar-refractivity contribution is -0.116. The standard InChI is InChI=1S/C21H32O2/c1-3-4-14-12-19-18-7-5-13-11-15(22)6-8-16(13)17(18)9-10-21(19,2)20(14)23/h11,14,16-20,23H,3-10,12H2,1-2H3/t14-,16+,17-,18-,19+,20+,21+/m1/s1. The number of aliphatic hydroxyl groups excluding tert-OH is 1. The molecule has 23 heavy (non-hydrogen) atoms. The number of rotatable bonds is 2. The molecule has 4 aliphatic carbocycles. The van der Waals surface area contributed by atoms with Gasteiger partial charge < -0.3 is 5.11 Å². The first-order valence-corrected chi connectivity index (χ1v) is 9.96. The lowest BCUT2D eigenvalue weighted by Gasteiger charge is -2.53. The first-order valence-electron chi connectivity index (χ1n) is 9.96. The molecule has 0 radical (unpaired) electrons. The van der Waals surface area contributed by atoms with Crippen molar-refractivity contribution in [3.05, 3.63) is 11.6 Å². The second-order valence-corrected chi connectivity index (χ2v) is 9.08. The minimum atomic E-state index is -0.0849. The van der Waals surface area contributed by atoms with Crippen LogP contribution >= 0.6 is 0 Å². The lowest BCUT2D eigenvalue weighted by Crippen LogP contribution is -2.47. The minimum Gasteiger partial charge on any atom is -0.392 e. The van der Waals surface area contributed by atoms with E-state index in [0.29, 0.717) is 23.5 Å². The van der Waals surface area contributed by atoms with E-state index < -0.39 is 0 Å². The van der Waals surface area contributed by atoms with E-state index in [1.165, 1.54) is 44.1 Å². The molecule has 0 heterocycles. The second-order valence-electron chi connectivity index (χ2n) is 9.08. The summed E-state index contributed by atoms with van der Waals surface area (Å²) in [5.74, 6) is 3.85. The molecule has 0 aliphatic heterocycles. The highest BCUT2D eigenvalue weighted by molar-refractivity contribution is 5.91. The Hall–Kier alpha value is -0.630. The van der Waals surface area contributed by atoms with Crippen LogP contribution in [0.1, 0.15) is 71.6 Å². The average molecular weight is 316 g/mol. The largest absolute Gasteiger partial charge is 0.392 e. The van der Waals surface area contributed by atoms with E-state index in [2.05, 4.69) is 13.8 Å². The monoisotopic (exact) mass is 316 g/mol. The molecule has 4 rings (SSSR count). The van der Waals surface area contributed by atoms with Crippen molar-refractivity contribution in [1.29, 1.82) is 0 Å². The number of fused-ring (bicyclic) bond motifs is 5. The Labute approximate surface area is 140 Å². The molecule has 0 aromatic carbocycles. The maximum Gasteiger partial charge on any atom is 0.155 e. The zero-order chi connectivity index (χ0) is 16.2. The van der Waals surface area contributed by atoms with Crippen molar-refractivity contribution < 1.29 is 9.90 Å². The van der Waals surface area contributed by atoms with Gasteiger partial charge in [-0.05, 0) is 86.0 Å². The molecule has 4 aliphatic rings. The highest BCUT2D eigenvalue weighted by Gasteiger charge is 2.58. The van der Waals surface area contributed by atoms with Gasteiger partial charge in [0.15, 0.2) is 5.78 Å². The molecule has 3 fully saturated rings. The highest BCUT2D eigenvalue weighted by atomic mass is 16.3. The van der Waals surface area contributed by atoms with Gasteiger partial charge in [0.1, 0.15) is 0 Å². The molecule has 0 unspecified atom stereocenters. The zero-order valence-electron chi connectivity index (χ0n) is 14.8. The number of allylic oxidation sites excluding steroid dienone is 1. The molecule has 1 N–H and O–H groups in total. The van der Waals surface area contributed by atoms with Crippen molar-refractivity contribution >= 4 is 5.78 Å². The predicted octanol–water partition coefficient (Wildman–Crippen LogP) is 4.52. The van der Waals surface area contributed by atoms with Gasteiger partial charge in [0.05, 0.1) is 6.10 Å². The van der Waals surface area contributed by atoms with Crippen LogP contribution in [0.25, 0.3) is 0 Å². The van der Waals surface area contributed by atoms with Crippen molar-refractivity contribution in [1.82, 2.24) is 0 Å². The number of aliphatic hydroxyl groups is 1. The third-order valence-electron chi connectivity index (χ3n) is 8.08. The average Bonchev–Trinajstić information content (AvgIpc) is 2.79. The summed E-state index contributed by atoms with van der Waals surface area (Å²) in [6.45, 7) is 4.63. The van der Waals surface area contributed by atoms with Gasteiger partial charge in [-0.15, -0.1) is 0 Å². The number of hydrogen-bond acceptors (Lipinski definition) is 2. The third kappa shape index (κ3) is 2.35. The summed E-state index contributed by atoms with van der Waals surface area (Å²) in [4.78, 5) is 11.8. The molecule has 0 aromatic heterocycles. The van der Waals surface area contributed by atoms with Crippen molar-refractivity contribution in [3.63, 3.8) is 0 Å². The summed E-state index contributed by atoms with van der Waals surface area (Å²) < 4.78 is 0. The van der Waals surface area contributed by atoms with E-state index in [0.717, 1.165) is 31.1 Å². The van der Waals surface area contributed by atoms with Gasteiger partial charge in [-0.25, -0.2) is 0 Å². The Morgan fingerprint density at radius 2 is 2.04 bits per heavy atom. The van der Waals surface area contributed by atoms with Gasteiger partial charge in [0.2, 0.25) is 0 Å². The van der Waals surface area contributed by atoms with E-state index in [1.54, 1.807) is 0 Å². The van der Waals surface area contributed by atoms with Crippen LogP contribution in [0.4, 0.5) is 0 Å². The van der Waals surface area contributed by atoms with Crippen molar-refractivity contribution in [2.45, 2.75) is 77.7 Å². The normalized spacial score (nSPS) is 49.2. The van der Waals surface area contributed by atoms with Gasteiger partial charge in [-0.1, -0.05) is 25.8 Å².